The SMILES string of the molecule is CC1(C)CC=C(c2ccc3ccccc3c2)c2cc(/C=C/c3ccc(C(=O)O)cc3)ccc21. The Labute approximate surface area is 194 Å². The molecule has 5 rings (SSSR count). The first-order chi connectivity index (χ1) is 15.9. The van der Waals surface area contributed by atoms with Crippen LogP contribution in [0.15, 0.2) is 91.0 Å². The van der Waals surface area contributed by atoms with Gasteiger partial charge in [0.25, 0.3) is 0 Å². The summed E-state index contributed by atoms with van der Waals surface area (Å²) in [6.45, 7) is 4.61. The van der Waals surface area contributed by atoms with Gasteiger partial charge >= 0.3 is 5.97 Å². The van der Waals surface area contributed by atoms with E-state index in [1.165, 1.54) is 33.0 Å². The van der Waals surface area contributed by atoms with Crippen LogP contribution in [0.3, 0.4) is 0 Å². The normalized spacial score (nSPS) is 14.8. The maximum atomic E-state index is 11.1. The van der Waals surface area contributed by atoms with Crippen molar-refractivity contribution in [3.05, 3.63) is 124 Å². The third kappa shape index (κ3) is 4.12. The Morgan fingerprint density at radius 2 is 1.52 bits per heavy atom. The number of allylic oxidation sites excluding steroid dienone is 1. The lowest BCUT2D eigenvalue weighted by Crippen LogP contribution is -2.21. The highest BCUT2D eigenvalue weighted by Gasteiger charge is 2.28. The Bertz CT molecular complexity index is 1420. The molecule has 2 nitrogen and oxygen atoms in total. The van der Waals surface area contributed by atoms with Crippen LogP contribution in [-0.2, 0) is 5.41 Å². The summed E-state index contributed by atoms with van der Waals surface area (Å²) < 4.78 is 0. The van der Waals surface area contributed by atoms with Gasteiger partial charge in [-0.1, -0.05) is 92.7 Å². The third-order valence-electron chi connectivity index (χ3n) is 6.57. The average molecular weight is 431 g/mol. The average Bonchev–Trinajstić information content (AvgIpc) is 2.82. The number of carboxylic acid groups (broad SMARTS) is 1. The predicted octanol–water partition coefficient (Wildman–Crippen LogP) is 7.82. The number of benzene rings is 4. The molecule has 0 unspecified atom stereocenters. The van der Waals surface area contributed by atoms with Gasteiger partial charge in [-0.25, -0.2) is 4.79 Å². The number of aromatic carboxylic acids is 1. The molecule has 2 heteroatoms. The van der Waals surface area contributed by atoms with E-state index in [2.05, 4.69) is 86.7 Å². The van der Waals surface area contributed by atoms with Crippen LogP contribution in [0.1, 0.15) is 58.4 Å². The van der Waals surface area contributed by atoms with E-state index < -0.39 is 5.97 Å². The molecule has 0 bridgehead atoms. The van der Waals surface area contributed by atoms with Gasteiger partial charge in [0.05, 0.1) is 5.56 Å². The number of carboxylic acids is 1. The van der Waals surface area contributed by atoms with Crippen molar-refractivity contribution in [3.8, 4) is 0 Å². The summed E-state index contributed by atoms with van der Waals surface area (Å²) in [6.07, 6.45) is 7.51. The minimum Gasteiger partial charge on any atom is -0.478 e. The number of rotatable bonds is 4. The summed E-state index contributed by atoms with van der Waals surface area (Å²) in [5.74, 6) is -0.907. The Morgan fingerprint density at radius 3 is 2.27 bits per heavy atom. The second-order valence-electron chi connectivity index (χ2n) is 9.33. The van der Waals surface area contributed by atoms with Crippen LogP contribution in [0.5, 0.6) is 0 Å². The summed E-state index contributed by atoms with van der Waals surface area (Å²) >= 11 is 0. The van der Waals surface area contributed by atoms with E-state index >= 15 is 0 Å². The van der Waals surface area contributed by atoms with Gasteiger partial charge in [-0.15, -0.1) is 0 Å². The van der Waals surface area contributed by atoms with Crippen LogP contribution in [0.4, 0.5) is 0 Å². The van der Waals surface area contributed by atoms with Crippen LogP contribution in [0.2, 0.25) is 0 Å². The van der Waals surface area contributed by atoms with E-state index in [0.717, 1.165) is 17.5 Å². The van der Waals surface area contributed by atoms with E-state index in [0.29, 0.717) is 5.56 Å². The Balaban J connectivity index is 1.53. The van der Waals surface area contributed by atoms with Crippen molar-refractivity contribution in [1.82, 2.24) is 0 Å². The van der Waals surface area contributed by atoms with Gasteiger partial charge in [0, 0.05) is 0 Å². The highest BCUT2D eigenvalue weighted by atomic mass is 16.4. The first-order valence-electron chi connectivity index (χ1n) is 11.3. The number of carbonyl (C=O) groups is 1. The third-order valence-corrected chi connectivity index (χ3v) is 6.57. The fourth-order valence-electron chi connectivity index (χ4n) is 4.62. The largest absolute Gasteiger partial charge is 0.478 e. The van der Waals surface area contributed by atoms with E-state index in [4.69, 9.17) is 5.11 Å². The molecule has 1 N–H and O–H groups in total. The molecule has 0 aromatic heterocycles. The second kappa shape index (κ2) is 8.22. The fraction of sp³-hybridized carbons (Fsp3) is 0.129. The lowest BCUT2D eigenvalue weighted by atomic mass is 9.72. The summed E-state index contributed by atoms with van der Waals surface area (Å²) in [5.41, 5.74) is 7.68. The van der Waals surface area contributed by atoms with Gasteiger partial charge in [0.2, 0.25) is 0 Å². The van der Waals surface area contributed by atoms with Gasteiger partial charge in [-0.05, 0) is 80.3 Å². The molecular formula is C31H26O2. The second-order valence-corrected chi connectivity index (χ2v) is 9.33. The summed E-state index contributed by atoms with van der Waals surface area (Å²) in [5, 5.41) is 11.6. The quantitative estimate of drug-likeness (QED) is 0.335. The smallest absolute Gasteiger partial charge is 0.335 e. The van der Waals surface area contributed by atoms with Crippen molar-refractivity contribution in [2.45, 2.75) is 25.7 Å². The monoisotopic (exact) mass is 430 g/mol. The van der Waals surface area contributed by atoms with E-state index in [1.807, 2.05) is 18.2 Å². The van der Waals surface area contributed by atoms with Crippen LogP contribution < -0.4 is 0 Å². The Kier molecular flexibility index (Phi) is 5.22. The van der Waals surface area contributed by atoms with Crippen molar-refractivity contribution < 1.29 is 9.90 Å². The van der Waals surface area contributed by atoms with Crippen LogP contribution in [0, 0.1) is 0 Å². The Morgan fingerprint density at radius 1 is 0.818 bits per heavy atom. The molecule has 0 spiro atoms. The minimum atomic E-state index is -0.907. The highest BCUT2D eigenvalue weighted by Crippen LogP contribution is 2.42. The zero-order valence-corrected chi connectivity index (χ0v) is 18.9. The minimum absolute atomic E-state index is 0.0879. The standard InChI is InChI=1S/C31H26O2/c1-31(2)18-17-27(26-15-14-23-5-3-4-6-25(23)20-26)28-19-22(11-16-29(28)31)8-7-21-9-12-24(13-10-21)30(32)33/h3-17,19-20H,18H2,1-2H3,(H,32,33)/b8-7+. The van der Waals surface area contributed by atoms with Gasteiger partial charge < -0.3 is 5.11 Å². The fourth-order valence-corrected chi connectivity index (χ4v) is 4.62. The molecule has 0 saturated carbocycles. The van der Waals surface area contributed by atoms with Gasteiger partial charge in [-0.3, -0.25) is 0 Å². The molecular weight excluding hydrogens is 404 g/mol. The topological polar surface area (TPSA) is 37.3 Å². The van der Waals surface area contributed by atoms with Gasteiger partial charge in [0.1, 0.15) is 0 Å². The van der Waals surface area contributed by atoms with Crippen molar-refractivity contribution >= 4 is 34.5 Å². The van der Waals surface area contributed by atoms with Crippen LogP contribution >= 0.6 is 0 Å². The lowest BCUT2D eigenvalue weighted by molar-refractivity contribution is 0.0697. The number of hydrogen-bond acceptors (Lipinski definition) is 1. The summed E-state index contributed by atoms with van der Waals surface area (Å²) in [4.78, 5) is 11.1. The first kappa shape index (κ1) is 21.0. The summed E-state index contributed by atoms with van der Waals surface area (Å²) in [6, 6.07) is 28.9. The van der Waals surface area contributed by atoms with Crippen molar-refractivity contribution in [2.75, 3.05) is 0 Å². The molecule has 0 radical (unpaired) electrons. The van der Waals surface area contributed by atoms with E-state index in [9.17, 15) is 4.79 Å². The summed E-state index contributed by atoms with van der Waals surface area (Å²) in [7, 11) is 0. The van der Waals surface area contributed by atoms with Crippen molar-refractivity contribution in [3.63, 3.8) is 0 Å². The van der Waals surface area contributed by atoms with E-state index in [-0.39, 0.29) is 5.41 Å². The molecule has 0 aliphatic heterocycles. The molecule has 0 amide bonds. The van der Waals surface area contributed by atoms with Crippen molar-refractivity contribution in [2.24, 2.45) is 0 Å². The van der Waals surface area contributed by atoms with Crippen LogP contribution in [0.25, 0.3) is 28.5 Å². The van der Waals surface area contributed by atoms with Gasteiger partial charge in [-0.2, -0.15) is 0 Å². The molecule has 33 heavy (non-hydrogen) atoms. The molecule has 4 aromatic rings. The zero-order valence-electron chi connectivity index (χ0n) is 18.9. The van der Waals surface area contributed by atoms with Crippen molar-refractivity contribution in [1.29, 1.82) is 0 Å². The molecule has 1 aliphatic carbocycles. The van der Waals surface area contributed by atoms with Gasteiger partial charge in [0.15, 0.2) is 0 Å². The molecule has 0 atom stereocenters. The first-order valence-corrected chi connectivity index (χ1v) is 11.3. The maximum Gasteiger partial charge on any atom is 0.335 e. The predicted molar refractivity (Wildman–Crippen MR) is 137 cm³/mol. The van der Waals surface area contributed by atoms with E-state index in [1.54, 1.807) is 12.1 Å². The van der Waals surface area contributed by atoms with Crippen LogP contribution in [-0.4, -0.2) is 11.1 Å². The molecule has 4 aromatic carbocycles. The number of fused-ring (bicyclic) bond motifs is 2. The zero-order chi connectivity index (χ0) is 23.0. The Hall–Kier alpha value is -3.91. The lowest BCUT2D eigenvalue weighted by Gasteiger charge is -2.32. The highest BCUT2D eigenvalue weighted by molar-refractivity contribution is 5.91. The molecule has 0 fully saturated rings. The molecule has 162 valence electrons. The molecule has 0 heterocycles. The maximum absolute atomic E-state index is 11.1. The molecule has 0 saturated heterocycles. The molecule has 1 aliphatic rings. The number of hydrogen-bond donors (Lipinski definition) is 1.